The Morgan fingerprint density at radius 1 is 1.48 bits per heavy atom. The van der Waals surface area contributed by atoms with Crippen molar-refractivity contribution in [3.63, 3.8) is 0 Å². The topological polar surface area (TPSA) is 64.7 Å². The van der Waals surface area contributed by atoms with Gasteiger partial charge >= 0.3 is 0 Å². The molecule has 1 amide bonds. The predicted octanol–water partition coefficient (Wildman–Crippen LogP) is 1.65. The van der Waals surface area contributed by atoms with Crippen molar-refractivity contribution >= 4 is 28.7 Å². The number of thioether (sulfide) groups is 1. The van der Waals surface area contributed by atoms with Crippen LogP contribution in [0.2, 0.25) is 0 Å². The number of rotatable bonds is 3. The summed E-state index contributed by atoms with van der Waals surface area (Å²) < 4.78 is 3.59. The van der Waals surface area contributed by atoms with Crippen molar-refractivity contribution in [1.82, 2.24) is 24.9 Å². The first kappa shape index (κ1) is 14.4. The third-order valence-corrected chi connectivity index (χ3v) is 5.13. The molecule has 1 saturated heterocycles. The highest BCUT2D eigenvalue weighted by atomic mass is 32.2. The number of nitrogens with one attached hydrogen (secondary N) is 1. The van der Waals surface area contributed by atoms with E-state index in [1.807, 2.05) is 32.7 Å². The lowest BCUT2D eigenvalue weighted by Crippen LogP contribution is -2.41. The van der Waals surface area contributed by atoms with Gasteiger partial charge < -0.3 is 5.32 Å². The van der Waals surface area contributed by atoms with Gasteiger partial charge in [-0.05, 0) is 38.2 Å². The second-order valence-electron chi connectivity index (χ2n) is 5.60. The largest absolute Gasteiger partial charge is 0.351 e. The average Bonchev–Trinajstić information content (AvgIpc) is 3.02. The Bertz CT molecular complexity index is 656. The molecule has 114 valence electrons. The van der Waals surface area contributed by atoms with Crippen LogP contribution in [-0.2, 0) is 11.8 Å². The smallest absolute Gasteiger partial charge is 0.244 e. The first-order valence-corrected chi connectivity index (χ1v) is 8.48. The van der Waals surface area contributed by atoms with E-state index in [1.54, 1.807) is 15.6 Å². The molecule has 0 radical (unpaired) electrons. The molecule has 1 atom stereocenters. The first-order valence-electron chi connectivity index (χ1n) is 7.33. The lowest BCUT2D eigenvalue weighted by Gasteiger charge is -2.24. The van der Waals surface area contributed by atoms with Crippen molar-refractivity contribution in [2.45, 2.75) is 38.8 Å². The van der Waals surface area contributed by atoms with Crippen LogP contribution in [0.15, 0.2) is 6.20 Å². The summed E-state index contributed by atoms with van der Waals surface area (Å²) in [5, 5.41) is 11.9. The molecule has 0 bridgehead atoms. The summed E-state index contributed by atoms with van der Waals surface area (Å²) in [6.07, 6.45) is 3.89. The Morgan fingerprint density at radius 3 is 2.90 bits per heavy atom. The number of hydrogen-bond donors (Lipinski definition) is 1. The van der Waals surface area contributed by atoms with Gasteiger partial charge in [0.25, 0.3) is 0 Å². The lowest BCUT2D eigenvalue weighted by molar-refractivity contribution is -0.124. The van der Waals surface area contributed by atoms with E-state index >= 15 is 0 Å². The van der Waals surface area contributed by atoms with Gasteiger partial charge in [0.2, 0.25) is 5.91 Å². The van der Waals surface area contributed by atoms with Gasteiger partial charge in [-0.1, -0.05) is 0 Å². The molecule has 3 rings (SSSR count). The van der Waals surface area contributed by atoms with E-state index in [0.29, 0.717) is 6.04 Å². The van der Waals surface area contributed by atoms with E-state index in [4.69, 9.17) is 0 Å². The minimum Gasteiger partial charge on any atom is -0.351 e. The molecule has 0 spiro atoms. The molecular formula is C14H21N5OS. The summed E-state index contributed by atoms with van der Waals surface area (Å²) in [7, 11) is 1.89. The number of carbonyl (C=O) groups excluding carboxylic acids is 1. The molecule has 1 N–H and O–H groups in total. The third-order valence-electron chi connectivity index (χ3n) is 4.08. The van der Waals surface area contributed by atoms with Gasteiger partial charge in [-0.25, -0.2) is 4.68 Å². The molecule has 6 nitrogen and oxygen atoms in total. The Kier molecular flexibility index (Phi) is 3.93. The van der Waals surface area contributed by atoms with Crippen molar-refractivity contribution in [3.8, 4) is 0 Å². The SMILES string of the molecule is Cc1nn(C)c2cnn([C@H](C)C(=O)NC3CCSCC3)c12. The van der Waals surface area contributed by atoms with Crippen LogP contribution in [0.4, 0.5) is 0 Å². The second kappa shape index (κ2) is 5.71. The number of aromatic nitrogens is 4. The summed E-state index contributed by atoms with van der Waals surface area (Å²) >= 11 is 1.96. The van der Waals surface area contributed by atoms with E-state index in [0.717, 1.165) is 41.1 Å². The van der Waals surface area contributed by atoms with E-state index in [9.17, 15) is 4.79 Å². The number of fused-ring (bicyclic) bond motifs is 1. The molecule has 1 fully saturated rings. The molecule has 0 saturated carbocycles. The van der Waals surface area contributed by atoms with Crippen LogP contribution >= 0.6 is 11.8 Å². The van der Waals surface area contributed by atoms with Crippen LogP contribution in [0.1, 0.15) is 31.5 Å². The molecule has 7 heteroatoms. The number of aryl methyl sites for hydroxylation is 2. The van der Waals surface area contributed by atoms with Crippen molar-refractivity contribution in [3.05, 3.63) is 11.9 Å². The van der Waals surface area contributed by atoms with Crippen molar-refractivity contribution in [1.29, 1.82) is 0 Å². The zero-order chi connectivity index (χ0) is 15.0. The molecular weight excluding hydrogens is 286 g/mol. The molecule has 2 aromatic heterocycles. The van der Waals surface area contributed by atoms with Crippen LogP contribution < -0.4 is 5.32 Å². The van der Waals surface area contributed by atoms with Crippen LogP contribution in [-0.4, -0.2) is 43.0 Å². The minimum absolute atomic E-state index is 0.0418. The van der Waals surface area contributed by atoms with Crippen LogP contribution in [0.25, 0.3) is 11.0 Å². The molecule has 21 heavy (non-hydrogen) atoms. The van der Waals surface area contributed by atoms with Crippen molar-refractivity contribution < 1.29 is 4.79 Å². The fourth-order valence-electron chi connectivity index (χ4n) is 2.84. The van der Waals surface area contributed by atoms with Gasteiger partial charge in [-0.2, -0.15) is 22.0 Å². The van der Waals surface area contributed by atoms with E-state index in [2.05, 4.69) is 15.5 Å². The number of amides is 1. The normalized spacial score (nSPS) is 18.0. The fraction of sp³-hybridized carbons (Fsp3) is 0.643. The second-order valence-corrected chi connectivity index (χ2v) is 6.83. The van der Waals surface area contributed by atoms with Gasteiger partial charge in [-0.15, -0.1) is 0 Å². The number of carbonyl (C=O) groups is 1. The van der Waals surface area contributed by atoms with E-state index in [-0.39, 0.29) is 11.9 Å². The van der Waals surface area contributed by atoms with Gasteiger partial charge in [0.15, 0.2) is 0 Å². The number of nitrogens with zero attached hydrogens (tertiary/aromatic N) is 4. The Balaban J connectivity index is 1.79. The summed E-state index contributed by atoms with van der Waals surface area (Å²) in [5.74, 6) is 2.31. The van der Waals surface area contributed by atoms with Crippen LogP contribution in [0.3, 0.4) is 0 Å². The average molecular weight is 307 g/mol. The summed E-state index contributed by atoms with van der Waals surface area (Å²) in [4.78, 5) is 12.5. The van der Waals surface area contributed by atoms with Gasteiger partial charge in [0.1, 0.15) is 17.1 Å². The molecule has 2 aromatic rings. The maximum absolute atomic E-state index is 12.5. The molecule has 0 aromatic carbocycles. The molecule has 1 aliphatic rings. The van der Waals surface area contributed by atoms with Crippen LogP contribution in [0.5, 0.6) is 0 Å². The Labute approximate surface area is 128 Å². The zero-order valence-electron chi connectivity index (χ0n) is 12.7. The highest BCUT2D eigenvalue weighted by Crippen LogP contribution is 2.22. The van der Waals surface area contributed by atoms with E-state index in [1.165, 1.54) is 0 Å². The summed E-state index contributed by atoms with van der Waals surface area (Å²) in [6, 6.07) is -0.0118. The highest BCUT2D eigenvalue weighted by Gasteiger charge is 2.24. The maximum Gasteiger partial charge on any atom is 0.244 e. The lowest BCUT2D eigenvalue weighted by atomic mass is 10.1. The zero-order valence-corrected chi connectivity index (χ0v) is 13.5. The van der Waals surface area contributed by atoms with Gasteiger partial charge in [-0.3, -0.25) is 9.48 Å². The molecule has 3 heterocycles. The molecule has 1 aliphatic heterocycles. The molecule has 0 aliphatic carbocycles. The third kappa shape index (κ3) is 2.66. The summed E-state index contributed by atoms with van der Waals surface area (Å²) in [6.45, 7) is 3.84. The van der Waals surface area contributed by atoms with Crippen LogP contribution in [0, 0.1) is 6.92 Å². The Morgan fingerprint density at radius 2 is 2.19 bits per heavy atom. The quantitative estimate of drug-likeness (QED) is 0.936. The number of hydrogen-bond acceptors (Lipinski definition) is 4. The van der Waals surface area contributed by atoms with Crippen molar-refractivity contribution in [2.75, 3.05) is 11.5 Å². The predicted molar refractivity (Wildman–Crippen MR) is 84.4 cm³/mol. The Hall–Kier alpha value is -1.50. The van der Waals surface area contributed by atoms with E-state index < -0.39 is 0 Å². The first-order chi connectivity index (χ1) is 10.1. The molecule has 0 unspecified atom stereocenters. The highest BCUT2D eigenvalue weighted by molar-refractivity contribution is 7.99. The van der Waals surface area contributed by atoms with Gasteiger partial charge in [0, 0.05) is 13.1 Å². The van der Waals surface area contributed by atoms with Crippen molar-refractivity contribution in [2.24, 2.45) is 7.05 Å². The minimum atomic E-state index is -0.319. The van der Waals surface area contributed by atoms with Gasteiger partial charge in [0.05, 0.1) is 11.9 Å². The monoisotopic (exact) mass is 307 g/mol. The maximum atomic E-state index is 12.5. The fourth-order valence-corrected chi connectivity index (χ4v) is 3.94. The summed E-state index contributed by atoms with van der Waals surface area (Å²) in [5.41, 5.74) is 2.80. The standard InChI is InChI=1S/C14H21N5OS/c1-9-13-12(18(3)17-9)8-15-19(13)10(2)14(20)16-11-4-6-21-7-5-11/h8,10-11H,4-7H2,1-3H3,(H,16,20)/t10-/m1/s1.